The van der Waals surface area contributed by atoms with Gasteiger partial charge in [0.2, 0.25) is 0 Å². The van der Waals surface area contributed by atoms with Gasteiger partial charge >= 0.3 is 11.7 Å². The Bertz CT molecular complexity index is 1360. The van der Waals surface area contributed by atoms with Gasteiger partial charge in [0.05, 0.1) is 23.7 Å². The maximum atomic E-state index is 12.6. The Morgan fingerprint density at radius 1 is 0.791 bits per heavy atom. The van der Waals surface area contributed by atoms with Crippen molar-refractivity contribution in [3.05, 3.63) is 93.5 Å². The Hall–Kier alpha value is -4.31. The van der Waals surface area contributed by atoms with E-state index < -0.39 is 10.9 Å². The third-order valence-electron chi connectivity index (χ3n) is 7.15. The molecule has 3 aromatic carbocycles. The standard InChI is InChI=1S/C36H43NO6/c1-4-6-7-8-9-10-11-12-25-41-32-22-18-31(19-23-32)36(38)43-33-20-15-29(16-21-33)13-14-30-17-24-35(34(26-30)37(39)40)42-27-28(3)5-2/h15-24,26,28H,4-12,25,27H2,1-3H3/t28-/m0/s1. The smallest absolute Gasteiger partial charge is 0.343 e. The van der Waals surface area contributed by atoms with E-state index in [0.29, 0.717) is 41.6 Å². The molecule has 0 unspecified atom stereocenters. The largest absolute Gasteiger partial charge is 0.494 e. The van der Waals surface area contributed by atoms with Gasteiger partial charge < -0.3 is 14.2 Å². The summed E-state index contributed by atoms with van der Waals surface area (Å²) in [5.41, 5.74) is 1.50. The Morgan fingerprint density at radius 3 is 2.05 bits per heavy atom. The molecule has 0 aliphatic carbocycles. The molecule has 3 rings (SSSR count). The molecular weight excluding hydrogens is 542 g/mol. The number of hydrogen-bond donors (Lipinski definition) is 0. The zero-order valence-electron chi connectivity index (χ0n) is 25.6. The van der Waals surface area contributed by atoms with Crippen LogP contribution in [0.25, 0.3) is 0 Å². The first kappa shape index (κ1) is 33.2. The molecule has 0 aliphatic rings. The van der Waals surface area contributed by atoms with E-state index in [0.717, 1.165) is 18.6 Å². The van der Waals surface area contributed by atoms with Crippen molar-refractivity contribution < 1.29 is 23.9 Å². The van der Waals surface area contributed by atoms with Crippen molar-refractivity contribution in [3.8, 4) is 29.1 Å². The lowest BCUT2D eigenvalue weighted by Crippen LogP contribution is -2.08. The molecule has 0 N–H and O–H groups in total. The number of benzene rings is 3. The van der Waals surface area contributed by atoms with Crippen molar-refractivity contribution in [2.45, 2.75) is 78.6 Å². The van der Waals surface area contributed by atoms with E-state index in [9.17, 15) is 14.9 Å². The van der Waals surface area contributed by atoms with Crippen LogP contribution in [0.5, 0.6) is 17.2 Å². The Kier molecular flexibility index (Phi) is 14.1. The normalized spacial score (nSPS) is 11.2. The molecule has 0 aliphatic heterocycles. The zero-order valence-corrected chi connectivity index (χ0v) is 25.6. The summed E-state index contributed by atoms with van der Waals surface area (Å²) in [6.07, 6.45) is 10.9. The van der Waals surface area contributed by atoms with Crippen molar-refractivity contribution in [1.82, 2.24) is 0 Å². The number of nitro benzene ring substituents is 1. The summed E-state index contributed by atoms with van der Waals surface area (Å²) in [6, 6.07) is 18.5. The molecule has 0 saturated heterocycles. The number of nitrogens with zero attached hydrogens (tertiary/aromatic N) is 1. The van der Waals surface area contributed by atoms with Gasteiger partial charge in [-0.25, -0.2) is 4.79 Å². The molecule has 0 amide bonds. The highest BCUT2D eigenvalue weighted by Crippen LogP contribution is 2.28. The topological polar surface area (TPSA) is 87.9 Å². The van der Waals surface area contributed by atoms with Crippen LogP contribution in [0.4, 0.5) is 5.69 Å². The lowest BCUT2D eigenvalue weighted by Gasteiger charge is -2.11. The molecule has 1 atom stereocenters. The van der Waals surface area contributed by atoms with Crippen LogP contribution < -0.4 is 14.2 Å². The monoisotopic (exact) mass is 585 g/mol. The summed E-state index contributed by atoms with van der Waals surface area (Å²) in [5, 5.41) is 11.5. The van der Waals surface area contributed by atoms with E-state index in [4.69, 9.17) is 14.2 Å². The van der Waals surface area contributed by atoms with Gasteiger partial charge in [0.1, 0.15) is 11.5 Å². The van der Waals surface area contributed by atoms with E-state index in [-0.39, 0.29) is 11.4 Å². The lowest BCUT2D eigenvalue weighted by atomic mass is 10.1. The molecule has 3 aromatic rings. The van der Waals surface area contributed by atoms with E-state index in [1.165, 1.54) is 51.0 Å². The highest BCUT2D eigenvalue weighted by Gasteiger charge is 2.16. The molecule has 0 aromatic heterocycles. The van der Waals surface area contributed by atoms with Crippen LogP contribution in [0.2, 0.25) is 0 Å². The summed E-state index contributed by atoms with van der Waals surface area (Å²) in [4.78, 5) is 23.7. The molecule has 0 saturated carbocycles. The quantitative estimate of drug-likeness (QED) is 0.0392. The first-order valence-electron chi connectivity index (χ1n) is 15.4. The Labute approximate surface area is 255 Å². The van der Waals surface area contributed by atoms with Crippen LogP contribution in [0.3, 0.4) is 0 Å². The number of carbonyl (C=O) groups excluding carboxylic acids is 1. The van der Waals surface area contributed by atoms with Crippen LogP contribution in [0, 0.1) is 27.9 Å². The fourth-order valence-electron chi connectivity index (χ4n) is 4.24. The second-order valence-corrected chi connectivity index (χ2v) is 10.8. The molecule has 0 fully saturated rings. The highest BCUT2D eigenvalue weighted by atomic mass is 16.6. The summed E-state index contributed by atoms with van der Waals surface area (Å²) >= 11 is 0. The first-order chi connectivity index (χ1) is 20.9. The van der Waals surface area contributed by atoms with Gasteiger partial charge in [-0.15, -0.1) is 0 Å². The Balaban J connectivity index is 1.47. The van der Waals surface area contributed by atoms with Crippen molar-refractivity contribution in [2.75, 3.05) is 13.2 Å². The summed E-state index contributed by atoms with van der Waals surface area (Å²) < 4.78 is 17.0. The van der Waals surface area contributed by atoms with Crippen LogP contribution in [-0.4, -0.2) is 24.1 Å². The maximum absolute atomic E-state index is 12.6. The molecule has 0 heterocycles. The second kappa shape index (κ2) is 18.3. The Morgan fingerprint density at radius 2 is 1.40 bits per heavy atom. The number of hydrogen-bond acceptors (Lipinski definition) is 6. The van der Waals surface area contributed by atoms with Gasteiger partial charge in [-0.3, -0.25) is 10.1 Å². The van der Waals surface area contributed by atoms with Crippen molar-refractivity contribution in [1.29, 1.82) is 0 Å². The zero-order chi connectivity index (χ0) is 30.9. The van der Waals surface area contributed by atoms with Gasteiger partial charge in [-0.05, 0) is 73.0 Å². The molecule has 228 valence electrons. The van der Waals surface area contributed by atoms with Gasteiger partial charge in [0.25, 0.3) is 0 Å². The molecular formula is C36H43NO6. The summed E-state index contributed by atoms with van der Waals surface area (Å²) in [7, 11) is 0. The third-order valence-corrected chi connectivity index (χ3v) is 7.15. The van der Waals surface area contributed by atoms with Crippen LogP contribution >= 0.6 is 0 Å². The fourth-order valence-corrected chi connectivity index (χ4v) is 4.24. The highest BCUT2D eigenvalue weighted by molar-refractivity contribution is 5.91. The van der Waals surface area contributed by atoms with Crippen molar-refractivity contribution in [2.24, 2.45) is 5.92 Å². The fraction of sp³-hybridized carbons (Fsp3) is 0.417. The first-order valence-corrected chi connectivity index (χ1v) is 15.4. The van der Waals surface area contributed by atoms with Gasteiger partial charge in [0, 0.05) is 17.2 Å². The average molecular weight is 586 g/mol. The van der Waals surface area contributed by atoms with Crippen molar-refractivity contribution >= 4 is 11.7 Å². The lowest BCUT2D eigenvalue weighted by molar-refractivity contribution is -0.385. The minimum absolute atomic E-state index is 0.111. The van der Waals surface area contributed by atoms with E-state index in [1.807, 2.05) is 13.8 Å². The van der Waals surface area contributed by atoms with Crippen LogP contribution in [0.1, 0.15) is 100 Å². The molecule has 7 nitrogen and oxygen atoms in total. The van der Waals surface area contributed by atoms with E-state index in [1.54, 1.807) is 60.7 Å². The van der Waals surface area contributed by atoms with Crippen molar-refractivity contribution in [3.63, 3.8) is 0 Å². The molecule has 43 heavy (non-hydrogen) atoms. The summed E-state index contributed by atoms with van der Waals surface area (Å²) in [6.45, 7) is 7.40. The third kappa shape index (κ3) is 11.8. The average Bonchev–Trinajstić information content (AvgIpc) is 3.02. The molecule has 0 bridgehead atoms. The number of unbranched alkanes of at least 4 members (excludes halogenated alkanes) is 7. The minimum atomic E-state index is -0.462. The van der Waals surface area contributed by atoms with E-state index in [2.05, 4.69) is 18.8 Å². The maximum Gasteiger partial charge on any atom is 0.343 e. The summed E-state index contributed by atoms with van der Waals surface area (Å²) in [5.74, 6) is 7.16. The second-order valence-electron chi connectivity index (χ2n) is 10.8. The number of esters is 1. The molecule has 0 radical (unpaired) electrons. The van der Waals surface area contributed by atoms with E-state index >= 15 is 0 Å². The molecule has 7 heteroatoms. The van der Waals surface area contributed by atoms with Gasteiger partial charge in [-0.2, -0.15) is 0 Å². The number of carbonyl (C=O) groups is 1. The predicted octanol–water partition coefficient (Wildman–Crippen LogP) is 9.16. The van der Waals surface area contributed by atoms with Crippen LogP contribution in [-0.2, 0) is 0 Å². The van der Waals surface area contributed by atoms with Gasteiger partial charge in [0.15, 0.2) is 5.75 Å². The predicted molar refractivity (Wildman–Crippen MR) is 170 cm³/mol. The number of ether oxygens (including phenoxy) is 3. The number of rotatable bonds is 17. The van der Waals surface area contributed by atoms with Crippen LogP contribution in [0.15, 0.2) is 66.7 Å². The van der Waals surface area contributed by atoms with Gasteiger partial charge in [-0.1, -0.05) is 84.0 Å². The SMILES string of the molecule is CCCCCCCCCCOc1ccc(C(=O)Oc2ccc(C#Cc3ccc(OC[C@@H](C)CC)c([N+](=O)[O-])c3)cc2)cc1. The number of nitro groups is 1. The molecule has 0 spiro atoms. The minimum Gasteiger partial charge on any atom is -0.494 e.